The van der Waals surface area contributed by atoms with E-state index < -0.39 is 11.8 Å². The highest BCUT2D eigenvalue weighted by Crippen LogP contribution is 2.63. The van der Waals surface area contributed by atoms with Crippen molar-refractivity contribution in [3.8, 4) is 11.5 Å². The van der Waals surface area contributed by atoms with E-state index in [9.17, 15) is 13.6 Å². The highest BCUT2D eigenvalue weighted by molar-refractivity contribution is 5.89. The summed E-state index contributed by atoms with van der Waals surface area (Å²) in [4.78, 5) is 16.6. The molecule has 1 saturated carbocycles. The fraction of sp³-hybridized carbons (Fsp3) is 0.217. The first kappa shape index (κ1) is 18.5. The third kappa shape index (κ3) is 3.16. The Bertz CT molecular complexity index is 1110. The Kier molecular flexibility index (Phi) is 4.38. The first-order valence-corrected chi connectivity index (χ1v) is 9.77. The van der Waals surface area contributed by atoms with Gasteiger partial charge in [0.1, 0.15) is 29.0 Å². The third-order valence-electron chi connectivity index (χ3n) is 5.88. The number of pyridine rings is 1. The lowest BCUT2D eigenvalue weighted by Gasteiger charge is -2.16. The van der Waals surface area contributed by atoms with E-state index >= 15 is 0 Å². The Morgan fingerprint density at radius 2 is 1.70 bits per heavy atom. The van der Waals surface area contributed by atoms with Crippen LogP contribution in [0.1, 0.15) is 29.9 Å². The smallest absolute Gasteiger partial charge is 0.320 e. The first-order chi connectivity index (χ1) is 14.5. The predicted octanol–water partition coefficient (Wildman–Crippen LogP) is 5.17. The number of hydrogen-bond donors (Lipinski definition) is 2. The summed E-state index contributed by atoms with van der Waals surface area (Å²) in [5, 5.41) is 5.54. The van der Waals surface area contributed by atoms with Gasteiger partial charge >= 0.3 is 6.03 Å². The topological polar surface area (TPSA) is 63.2 Å². The van der Waals surface area contributed by atoms with Crippen molar-refractivity contribution in [2.24, 2.45) is 5.92 Å². The van der Waals surface area contributed by atoms with Gasteiger partial charge in [0.05, 0.1) is 6.20 Å². The van der Waals surface area contributed by atoms with E-state index in [2.05, 4.69) is 15.6 Å². The van der Waals surface area contributed by atoms with Crippen LogP contribution in [0.4, 0.5) is 19.4 Å². The number of carbonyl (C=O) groups excluding carboxylic acids is 1. The van der Waals surface area contributed by atoms with Crippen molar-refractivity contribution in [3.63, 3.8) is 0 Å². The Labute approximate surface area is 172 Å². The van der Waals surface area contributed by atoms with E-state index in [0.717, 1.165) is 6.07 Å². The van der Waals surface area contributed by atoms with Crippen molar-refractivity contribution in [1.29, 1.82) is 0 Å². The lowest BCUT2D eigenvalue weighted by Crippen LogP contribution is -2.33. The van der Waals surface area contributed by atoms with E-state index in [1.54, 1.807) is 12.1 Å². The molecule has 3 aromatic rings. The number of ether oxygens (including phenoxy) is 1. The molecular weight excluding hydrogens is 388 g/mol. The average Bonchev–Trinajstić information content (AvgIpc) is 3.33. The molecule has 5 rings (SSSR count). The van der Waals surface area contributed by atoms with Gasteiger partial charge in [0.25, 0.3) is 0 Å². The average molecular weight is 407 g/mol. The summed E-state index contributed by atoms with van der Waals surface area (Å²) in [6.45, 7) is 1.87. The molecule has 0 aliphatic heterocycles. The number of amides is 2. The van der Waals surface area contributed by atoms with Crippen molar-refractivity contribution in [2.45, 2.75) is 24.8 Å². The molecule has 2 N–H and O–H groups in total. The lowest BCUT2D eigenvalue weighted by atomic mass is 9.95. The maximum Gasteiger partial charge on any atom is 0.320 e. The van der Waals surface area contributed by atoms with Gasteiger partial charge in [-0.15, -0.1) is 0 Å². The van der Waals surface area contributed by atoms with E-state index in [0.29, 0.717) is 28.4 Å². The number of nitrogens with zero attached hydrogens (tertiary/aromatic N) is 1. The van der Waals surface area contributed by atoms with E-state index in [1.807, 2.05) is 37.3 Å². The summed E-state index contributed by atoms with van der Waals surface area (Å²) < 4.78 is 34.0. The minimum absolute atomic E-state index is 0.00626. The number of aromatic nitrogens is 1. The number of benzene rings is 2. The third-order valence-corrected chi connectivity index (χ3v) is 5.88. The van der Waals surface area contributed by atoms with Crippen LogP contribution in [-0.2, 0) is 0 Å². The fourth-order valence-electron chi connectivity index (χ4n) is 4.53. The van der Waals surface area contributed by atoms with Gasteiger partial charge in [-0.1, -0.05) is 25.1 Å². The second-order valence-corrected chi connectivity index (χ2v) is 7.67. The zero-order chi connectivity index (χ0) is 20.8. The maximum absolute atomic E-state index is 14.3. The molecule has 0 radical (unpaired) electrons. The molecular formula is C23H19F2N3O2. The van der Waals surface area contributed by atoms with Crippen LogP contribution in [0.2, 0.25) is 0 Å². The van der Waals surface area contributed by atoms with Gasteiger partial charge in [0, 0.05) is 12.0 Å². The molecule has 1 fully saturated rings. The molecule has 30 heavy (non-hydrogen) atoms. The molecule has 2 amide bonds. The van der Waals surface area contributed by atoms with Crippen LogP contribution in [0.15, 0.2) is 60.8 Å². The van der Waals surface area contributed by atoms with Crippen LogP contribution in [0, 0.1) is 17.6 Å². The standard InChI is InChI=1S/C23H19F2N3O2/c1-12-18-15(24)8-9-16(25)20(18)21-19(12)22(21)28-23(29)27-17-10-7-14(11-26-17)30-13-5-3-2-4-6-13/h2-12,19,21-22H,1H3,(H2,26,27,28,29)/t12-,19-,21+,22+/m0/s1. The lowest BCUT2D eigenvalue weighted by molar-refractivity contribution is 0.250. The minimum atomic E-state index is -0.427. The number of carbonyl (C=O) groups is 1. The number of anilines is 1. The molecule has 1 heterocycles. The van der Waals surface area contributed by atoms with Gasteiger partial charge in [-0.25, -0.2) is 18.6 Å². The number of urea groups is 1. The highest BCUT2D eigenvalue weighted by Gasteiger charge is 2.62. The Morgan fingerprint density at radius 3 is 2.40 bits per heavy atom. The van der Waals surface area contributed by atoms with Gasteiger partial charge < -0.3 is 10.1 Å². The highest BCUT2D eigenvalue weighted by atomic mass is 19.1. The molecule has 7 heteroatoms. The number of halogens is 2. The van der Waals surface area contributed by atoms with E-state index in [1.165, 1.54) is 12.3 Å². The fourth-order valence-corrected chi connectivity index (χ4v) is 4.53. The molecule has 0 bridgehead atoms. The van der Waals surface area contributed by atoms with Gasteiger partial charge in [-0.2, -0.15) is 0 Å². The van der Waals surface area contributed by atoms with Crippen molar-refractivity contribution in [1.82, 2.24) is 10.3 Å². The summed E-state index contributed by atoms with van der Waals surface area (Å²) in [5.74, 6) is 0.492. The van der Waals surface area contributed by atoms with Crippen molar-refractivity contribution < 1.29 is 18.3 Å². The minimum Gasteiger partial charge on any atom is -0.456 e. The van der Waals surface area contributed by atoms with Crippen LogP contribution < -0.4 is 15.4 Å². The molecule has 0 spiro atoms. The van der Waals surface area contributed by atoms with Crippen molar-refractivity contribution >= 4 is 11.8 Å². The first-order valence-electron chi connectivity index (χ1n) is 9.77. The van der Waals surface area contributed by atoms with Crippen LogP contribution in [0.5, 0.6) is 11.5 Å². The summed E-state index contributed by atoms with van der Waals surface area (Å²) in [5.41, 5.74) is 0.845. The predicted molar refractivity (Wildman–Crippen MR) is 108 cm³/mol. The number of para-hydroxylation sites is 1. The SMILES string of the molecule is C[C@H]1c2c(F)ccc(F)c2[C@@H]2[C@H](NC(=O)Nc3ccc(Oc4ccccc4)cn3)[C@H]21. The van der Waals surface area contributed by atoms with Gasteiger partial charge in [0.15, 0.2) is 0 Å². The largest absolute Gasteiger partial charge is 0.456 e. The zero-order valence-corrected chi connectivity index (χ0v) is 16.1. The summed E-state index contributed by atoms with van der Waals surface area (Å²) in [6, 6.07) is 14.3. The Balaban J connectivity index is 1.21. The van der Waals surface area contributed by atoms with E-state index in [4.69, 9.17) is 4.74 Å². The molecule has 0 unspecified atom stereocenters. The van der Waals surface area contributed by atoms with Crippen LogP contribution in [0.3, 0.4) is 0 Å². The van der Waals surface area contributed by atoms with E-state index in [-0.39, 0.29) is 29.6 Å². The molecule has 1 aromatic heterocycles. The van der Waals surface area contributed by atoms with Crippen molar-refractivity contribution in [3.05, 3.63) is 83.6 Å². The number of nitrogens with one attached hydrogen (secondary N) is 2. The van der Waals surface area contributed by atoms with Gasteiger partial charge in [-0.05, 0) is 59.4 Å². The Morgan fingerprint density at radius 1 is 0.967 bits per heavy atom. The molecule has 2 aliphatic rings. The normalized spacial score (nSPS) is 23.3. The van der Waals surface area contributed by atoms with Crippen molar-refractivity contribution in [2.75, 3.05) is 5.32 Å². The van der Waals surface area contributed by atoms with Crippen LogP contribution >= 0.6 is 0 Å². The second kappa shape index (κ2) is 7.09. The van der Waals surface area contributed by atoms with Gasteiger partial charge in [0.2, 0.25) is 0 Å². The number of hydrogen-bond acceptors (Lipinski definition) is 3. The summed E-state index contributed by atoms with van der Waals surface area (Å²) in [6.07, 6.45) is 1.52. The molecule has 2 aromatic carbocycles. The summed E-state index contributed by atoms with van der Waals surface area (Å²) >= 11 is 0. The second-order valence-electron chi connectivity index (χ2n) is 7.67. The van der Waals surface area contributed by atoms with Crippen LogP contribution in [-0.4, -0.2) is 17.1 Å². The number of rotatable bonds is 4. The molecule has 2 aliphatic carbocycles. The zero-order valence-electron chi connectivity index (χ0n) is 16.1. The number of fused-ring (bicyclic) bond motifs is 3. The Hall–Kier alpha value is -3.48. The molecule has 152 valence electrons. The summed E-state index contributed by atoms with van der Waals surface area (Å²) in [7, 11) is 0. The maximum atomic E-state index is 14.3. The monoisotopic (exact) mass is 407 g/mol. The molecule has 4 atom stereocenters. The molecule has 5 nitrogen and oxygen atoms in total. The quantitative estimate of drug-likeness (QED) is 0.627. The molecule has 0 saturated heterocycles. The van der Waals surface area contributed by atoms with Gasteiger partial charge in [-0.3, -0.25) is 5.32 Å². The van der Waals surface area contributed by atoms with Crippen LogP contribution in [0.25, 0.3) is 0 Å².